The summed E-state index contributed by atoms with van der Waals surface area (Å²) < 4.78 is 2.42. The SMILES string of the molecule is CC1C=CC=CC1C1(c2ccccc2)c2ccccc2-c2ccc3c([nH]c4ccc(-c5ccc6c(c5)c5ccccc5n6-c5cccc(-c6ccccc6)c5)cc43)c21. The fourth-order valence-electron chi connectivity index (χ4n) is 10.7. The maximum Gasteiger partial charge on any atom is 0.0552 e. The molecule has 0 saturated heterocycles. The average Bonchev–Trinajstić information content (AvgIpc) is 3.93. The van der Waals surface area contributed by atoms with Crippen LogP contribution in [-0.2, 0) is 5.41 Å². The molecule has 3 unspecified atom stereocenters. The number of H-pyrrole nitrogens is 1. The minimum Gasteiger partial charge on any atom is -0.354 e. The largest absolute Gasteiger partial charge is 0.354 e. The van der Waals surface area contributed by atoms with Gasteiger partial charge in [-0.1, -0.05) is 171 Å². The van der Waals surface area contributed by atoms with E-state index in [1.54, 1.807) is 0 Å². The van der Waals surface area contributed by atoms with Crippen molar-refractivity contribution in [1.82, 2.24) is 9.55 Å². The van der Waals surface area contributed by atoms with E-state index >= 15 is 0 Å². The number of hydrogen-bond donors (Lipinski definition) is 1. The number of para-hydroxylation sites is 1. The van der Waals surface area contributed by atoms with Gasteiger partial charge in [-0.3, -0.25) is 0 Å². The number of allylic oxidation sites excluding steroid dienone is 4. The molecule has 2 heteroatoms. The van der Waals surface area contributed by atoms with Gasteiger partial charge in [0.05, 0.1) is 22.0 Å². The molecule has 0 fully saturated rings. The van der Waals surface area contributed by atoms with E-state index in [1.807, 2.05) is 0 Å². The number of nitrogens with one attached hydrogen (secondary N) is 1. The Bertz CT molecular complexity index is 3300. The van der Waals surface area contributed by atoms with Crippen molar-refractivity contribution in [1.29, 1.82) is 0 Å². The van der Waals surface area contributed by atoms with E-state index in [4.69, 9.17) is 0 Å². The summed E-state index contributed by atoms with van der Waals surface area (Å²) in [5.41, 5.74) is 17.2. The summed E-state index contributed by atoms with van der Waals surface area (Å²) in [6.45, 7) is 2.38. The van der Waals surface area contributed by atoms with Gasteiger partial charge in [0, 0.05) is 38.7 Å². The van der Waals surface area contributed by atoms with Gasteiger partial charge in [0.1, 0.15) is 0 Å². The first-order valence-electron chi connectivity index (χ1n) is 20.5. The molecule has 0 aliphatic heterocycles. The van der Waals surface area contributed by atoms with Crippen LogP contribution in [-0.4, -0.2) is 9.55 Å². The average molecular weight is 741 g/mol. The third-order valence-corrected chi connectivity index (χ3v) is 13.2. The van der Waals surface area contributed by atoms with Crippen LogP contribution in [0.1, 0.15) is 23.6 Å². The molecule has 0 spiro atoms. The quantitative estimate of drug-likeness (QED) is 0.181. The van der Waals surface area contributed by atoms with Crippen molar-refractivity contribution in [3.05, 3.63) is 223 Å². The Morgan fingerprint density at radius 3 is 2.03 bits per heavy atom. The summed E-state index contributed by atoms with van der Waals surface area (Å²) in [4.78, 5) is 4.02. The van der Waals surface area contributed by atoms with E-state index < -0.39 is 0 Å². The third kappa shape index (κ3) is 4.66. The third-order valence-electron chi connectivity index (χ3n) is 13.2. The maximum absolute atomic E-state index is 4.02. The van der Waals surface area contributed by atoms with Crippen molar-refractivity contribution in [2.75, 3.05) is 0 Å². The molecule has 2 heterocycles. The van der Waals surface area contributed by atoms with Crippen molar-refractivity contribution in [2.45, 2.75) is 12.3 Å². The van der Waals surface area contributed by atoms with Gasteiger partial charge in [-0.05, 0) is 98.5 Å². The predicted octanol–water partition coefficient (Wildman–Crippen LogP) is 14.4. The highest BCUT2D eigenvalue weighted by Crippen LogP contribution is 2.60. The molecule has 12 rings (SSSR count). The predicted molar refractivity (Wildman–Crippen MR) is 244 cm³/mol. The number of aromatic amines is 1. The molecule has 2 aliphatic rings. The van der Waals surface area contributed by atoms with Gasteiger partial charge in [-0.2, -0.15) is 0 Å². The highest BCUT2D eigenvalue weighted by molar-refractivity contribution is 6.14. The molecule has 0 saturated carbocycles. The monoisotopic (exact) mass is 740 g/mol. The summed E-state index contributed by atoms with van der Waals surface area (Å²) in [7, 11) is 0. The summed E-state index contributed by atoms with van der Waals surface area (Å²) in [5, 5.41) is 5.03. The van der Waals surface area contributed by atoms with E-state index in [9.17, 15) is 0 Å². The van der Waals surface area contributed by atoms with Crippen LogP contribution in [0.3, 0.4) is 0 Å². The van der Waals surface area contributed by atoms with E-state index in [1.165, 1.54) is 88.2 Å². The summed E-state index contributed by atoms with van der Waals surface area (Å²) in [6.07, 6.45) is 9.30. The van der Waals surface area contributed by atoms with Crippen molar-refractivity contribution in [3.8, 4) is 39.1 Å². The number of hydrogen-bond acceptors (Lipinski definition) is 0. The molecule has 58 heavy (non-hydrogen) atoms. The highest BCUT2D eigenvalue weighted by Gasteiger charge is 2.51. The van der Waals surface area contributed by atoms with Crippen LogP contribution in [0.25, 0.3) is 82.7 Å². The van der Waals surface area contributed by atoms with Gasteiger partial charge in [-0.25, -0.2) is 0 Å². The van der Waals surface area contributed by atoms with Gasteiger partial charge in [0.2, 0.25) is 0 Å². The van der Waals surface area contributed by atoms with Crippen LogP contribution in [0.15, 0.2) is 206 Å². The molecule has 2 aliphatic carbocycles. The lowest BCUT2D eigenvalue weighted by atomic mass is 9.59. The van der Waals surface area contributed by atoms with Gasteiger partial charge < -0.3 is 9.55 Å². The molecule has 274 valence electrons. The Hall–Kier alpha value is -7.16. The lowest BCUT2D eigenvalue weighted by molar-refractivity contribution is 0.376. The van der Waals surface area contributed by atoms with Gasteiger partial charge >= 0.3 is 0 Å². The molecule has 2 nitrogen and oxygen atoms in total. The number of nitrogens with zero attached hydrogens (tertiary/aromatic N) is 1. The second-order valence-corrected chi connectivity index (χ2v) is 16.2. The van der Waals surface area contributed by atoms with Gasteiger partial charge in [0.15, 0.2) is 0 Å². The second kappa shape index (κ2) is 12.7. The topological polar surface area (TPSA) is 20.7 Å². The van der Waals surface area contributed by atoms with Crippen molar-refractivity contribution >= 4 is 43.6 Å². The molecule has 10 aromatic rings. The van der Waals surface area contributed by atoms with Crippen LogP contribution in [0.4, 0.5) is 0 Å². The first-order valence-corrected chi connectivity index (χ1v) is 20.5. The molecular weight excluding hydrogens is 701 g/mol. The number of benzene rings is 8. The highest BCUT2D eigenvalue weighted by atomic mass is 15.0. The molecule has 2 aromatic heterocycles. The first-order chi connectivity index (χ1) is 28.7. The summed E-state index contributed by atoms with van der Waals surface area (Å²) in [5.74, 6) is 0.591. The van der Waals surface area contributed by atoms with E-state index in [0.29, 0.717) is 5.92 Å². The Morgan fingerprint density at radius 2 is 1.17 bits per heavy atom. The molecular formula is C56H40N2. The summed E-state index contributed by atoms with van der Waals surface area (Å²) >= 11 is 0. The van der Waals surface area contributed by atoms with Crippen LogP contribution in [0.5, 0.6) is 0 Å². The fraction of sp³-hybridized carbons (Fsp3) is 0.0714. The zero-order valence-corrected chi connectivity index (χ0v) is 32.2. The standard InChI is InChI=1S/C56H40N2/c1-36-15-8-11-24-49(36)56(41-19-6-3-7-20-41)50-25-12-9-22-43(50)45-29-30-46-47-34-39(27-31-51(47)57-55(46)54(45)56)40-28-32-53-48(35-40)44-23-10-13-26-52(44)58(53)42-21-14-18-38(33-42)37-16-4-2-5-17-37/h2-36,49,57H,1H3. The molecule has 1 N–H and O–H groups in total. The van der Waals surface area contributed by atoms with Crippen molar-refractivity contribution in [2.24, 2.45) is 11.8 Å². The van der Waals surface area contributed by atoms with Crippen LogP contribution < -0.4 is 0 Å². The van der Waals surface area contributed by atoms with E-state index in [0.717, 1.165) is 11.2 Å². The molecule has 0 radical (unpaired) electrons. The maximum atomic E-state index is 4.02. The second-order valence-electron chi connectivity index (χ2n) is 16.2. The Morgan fingerprint density at radius 1 is 0.483 bits per heavy atom. The Labute approximate surface area is 338 Å². The van der Waals surface area contributed by atoms with Crippen LogP contribution >= 0.6 is 0 Å². The summed E-state index contributed by atoms with van der Waals surface area (Å²) in [6, 6.07) is 67.5. The number of fused-ring (bicyclic) bond motifs is 10. The van der Waals surface area contributed by atoms with Crippen molar-refractivity contribution < 1.29 is 0 Å². The normalized spacial score (nSPS) is 18.4. The molecule has 0 amide bonds. The molecule has 8 aromatic carbocycles. The smallest absolute Gasteiger partial charge is 0.0552 e. The van der Waals surface area contributed by atoms with Gasteiger partial charge in [0.25, 0.3) is 0 Å². The van der Waals surface area contributed by atoms with Crippen LogP contribution in [0, 0.1) is 11.8 Å². The molecule has 0 bridgehead atoms. The fourth-order valence-corrected chi connectivity index (χ4v) is 10.7. The number of rotatable bonds is 5. The van der Waals surface area contributed by atoms with E-state index in [2.05, 4.69) is 223 Å². The first kappa shape index (κ1) is 33.0. The molecule has 3 atom stereocenters. The zero-order valence-electron chi connectivity index (χ0n) is 32.2. The number of aromatic nitrogens is 2. The van der Waals surface area contributed by atoms with Crippen LogP contribution in [0.2, 0.25) is 0 Å². The Balaban J connectivity index is 1.04. The minimum atomic E-state index is -0.364. The van der Waals surface area contributed by atoms with E-state index in [-0.39, 0.29) is 11.3 Å². The van der Waals surface area contributed by atoms with Crippen molar-refractivity contribution in [3.63, 3.8) is 0 Å². The zero-order chi connectivity index (χ0) is 38.4. The minimum absolute atomic E-state index is 0.240. The van der Waals surface area contributed by atoms with Gasteiger partial charge in [-0.15, -0.1) is 0 Å². The Kier molecular flexibility index (Phi) is 7.22. The lowest BCUT2D eigenvalue weighted by Crippen LogP contribution is -2.39. The lowest BCUT2D eigenvalue weighted by Gasteiger charge is -2.42.